The molecule has 1 saturated carbocycles. The molecule has 1 aromatic rings. The summed E-state index contributed by atoms with van der Waals surface area (Å²) in [6.45, 7) is 2.74. The smallest absolute Gasteiger partial charge is 0.362 e. The van der Waals surface area contributed by atoms with Gasteiger partial charge in [0.2, 0.25) is 11.6 Å². The third-order valence-corrected chi connectivity index (χ3v) is 4.25. The lowest BCUT2D eigenvalue weighted by Crippen LogP contribution is -2.29. The Morgan fingerprint density at radius 1 is 1.52 bits per heavy atom. The van der Waals surface area contributed by atoms with Gasteiger partial charge in [0.25, 0.3) is 0 Å². The Hall–Kier alpha value is -1.67. The van der Waals surface area contributed by atoms with Crippen molar-refractivity contribution in [1.82, 2.24) is 9.55 Å². The lowest BCUT2D eigenvalue weighted by molar-refractivity contribution is -0.388. The lowest BCUT2D eigenvalue weighted by Gasteiger charge is -2.22. The van der Waals surface area contributed by atoms with E-state index in [0.29, 0.717) is 24.8 Å². The molecule has 0 bridgehead atoms. The van der Waals surface area contributed by atoms with Crippen molar-refractivity contribution in [2.45, 2.75) is 44.5 Å². The van der Waals surface area contributed by atoms with Crippen molar-refractivity contribution in [3.8, 4) is 0 Å². The average molecular weight is 296 g/mol. The molecule has 8 heteroatoms. The van der Waals surface area contributed by atoms with Gasteiger partial charge >= 0.3 is 5.82 Å². The molecule has 0 amide bonds. The quantitative estimate of drug-likeness (QED) is 0.672. The molecule has 8 nitrogen and oxygen atoms in total. The van der Waals surface area contributed by atoms with E-state index in [1.165, 1.54) is 0 Å². The highest BCUT2D eigenvalue weighted by molar-refractivity contribution is 5.53. The summed E-state index contributed by atoms with van der Waals surface area (Å²) in [5, 5.41) is 14.1. The maximum absolute atomic E-state index is 11.0. The first kappa shape index (κ1) is 14.3. The zero-order chi connectivity index (χ0) is 15.0. The van der Waals surface area contributed by atoms with Gasteiger partial charge in [0.05, 0.1) is 6.61 Å². The second-order valence-corrected chi connectivity index (χ2v) is 5.70. The normalized spacial score (nSPS) is 23.8. The molecule has 116 valence electrons. The number of aromatic nitrogens is 2. The van der Waals surface area contributed by atoms with Crippen molar-refractivity contribution >= 4 is 11.6 Å². The highest BCUT2D eigenvalue weighted by atomic mass is 16.7. The Balaban J connectivity index is 1.65. The standard InChI is InChI=1S/C13H20N4O4/c1-9-15-12(17(18)19)11(16(9)2)14-7-10-8-20-13(21-10)5-3-4-6-13/h10,14H,3-8H2,1-2H3/t10-/m1/s1. The number of aryl methyl sites for hydroxylation is 1. The minimum absolute atomic E-state index is 0.0853. The second kappa shape index (κ2) is 5.27. The van der Waals surface area contributed by atoms with E-state index in [4.69, 9.17) is 9.47 Å². The molecule has 1 saturated heterocycles. The summed E-state index contributed by atoms with van der Waals surface area (Å²) in [7, 11) is 1.75. The topological polar surface area (TPSA) is 91.5 Å². The molecule has 1 aliphatic carbocycles. The van der Waals surface area contributed by atoms with Crippen LogP contribution in [0, 0.1) is 17.0 Å². The number of rotatable bonds is 4. The van der Waals surface area contributed by atoms with Crippen molar-refractivity contribution in [3.63, 3.8) is 0 Å². The molecular weight excluding hydrogens is 276 g/mol. The maximum Gasteiger partial charge on any atom is 0.406 e. The zero-order valence-corrected chi connectivity index (χ0v) is 12.3. The summed E-state index contributed by atoms with van der Waals surface area (Å²) in [4.78, 5) is 14.5. The molecule has 1 spiro atoms. The second-order valence-electron chi connectivity index (χ2n) is 5.70. The minimum atomic E-state index is -0.472. The van der Waals surface area contributed by atoms with Crippen molar-refractivity contribution in [3.05, 3.63) is 15.9 Å². The summed E-state index contributed by atoms with van der Waals surface area (Å²) in [5.41, 5.74) is 0. The molecular formula is C13H20N4O4. The van der Waals surface area contributed by atoms with Crippen molar-refractivity contribution in [2.75, 3.05) is 18.5 Å². The Morgan fingerprint density at radius 2 is 2.24 bits per heavy atom. The van der Waals surface area contributed by atoms with E-state index in [-0.39, 0.29) is 11.9 Å². The largest absolute Gasteiger partial charge is 0.406 e. The van der Waals surface area contributed by atoms with Crippen LogP contribution in [0.15, 0.2) is 0 Å². The van der Waals surface area contributed by atoms with Crippen LogP contribution in [-0.2, 0) is 16.5 Å². The van der Waals surface area contributed by atoms with Crippen LogP contribution in [0.3, 0.4) is 0 Å². The molecule has 1 aliphatic heterocycles. The number of nitrogens with zero attached hydrogens (tertiary/aromatic N) is 3. The Morgan fingerprint density at radius 3 is 2.90 bits per heavy atom. The molecule has 1 atom stereocenters. The molecule has 21 heavy (non-hydrogen) atoms. The van der Waals surface area contributed by atoms with Gasteiger partial charge in [0.15, 0.2) is 5.79 Å². The Labute approximate surface area is 122 Å². The molecule has 0 aromatic carbocycles. The SMILES string of the molecule is Cc1nc([N+](=O)[O-])c(NC[C@@H]2COC3(CCCC3)O2)n1C. The highest BCUT2D eigenvalue weighted by Gasteiger charge is 2.43. The average Bonchev–Trinajstić information content (AvgIpc) is 3.13. The summed E-state index contributed by atoms with van der Waals surface area (Å²) in [6.07, 6.45) is 4.06. The number of hydrogen-bond donors (Lipinski definition) is 1. The molecule has 0 unspecified atom stereocenters. The molecule has 0 radical (unpaired) electrons. The van der Waals surface area contributed by atoms with Crippen molar-refractivity contribution < 1.29 is 14.4 Å². The number of nitrogens with one attached hydrogen (secondary N) is 1. The van der Waals surface area contributed by atoms with Crippen LogP contribution < -0.4 is 5.32 Å². The third-order valence-electron chi connectivity index (χ3n) is 4.25. The van der Waals surface area contributed by atoms with Crippen LogP contribution in [0.5, 0.6) is 0 Å². The van der Waals surface area contributed by atoms with E-state index in [1.54, 1.807) is 18.5 Å². The number of anilines is 1. The van der Waals surface area contributed by atoms with Gasteiger partial charge in [-0.3, -0.25) is 4.57 Å². The Bertz CT molecular complexity index is 551. The first-order valence-electron chi connectivity index (χ1n) is 7.24. The van der Waals surface area contributed by atoms with Crippen LogP contribution in [0.25, 0.3) is 0 Å². The molecule has 2 aliphatic rings. The van der Waals surface area contributed by atoms with Crippen LogP contribution in [0.2, 0.25) is 0 Å². The lowest BCUT2D eigenvalue weighted by atomic mass is 10.2. The van der Waals surface area contributed by atoms with Gasteiger partial charge in [0.1, 0.15) is 6.10 Å². The number of ether oxygens (including phenoxy) is 2. The van der Waals surface area contributed by atoms with Crippen LogP contribution in [-0.4, -0.2) is 39.5 Å². The molecule has 1 N–H and O–H groups in total. The predicted octanol–water partition coefficient (Wildman–Crippen LogP) is 1.73. The fourth-order valence-corrected chi connectivity index (χ4v) is 3.02. The summed E-state index contributed by atoms with van der Waals surface area (Å²) >= 11 is 0. The van der Waals surface area contributed by atoms with Crippen LogP contribution in [0.1, 0.15) is 31.5 Å². The summed E-state index contributed by atoms with van der Waals surface area (Å²) in [6, 6.07) is 0. The number of nitro groups is 1. The summed E-state index contributed by atoms with van der Waals surface area (Å²) in [5.74, 6) is 0.457. The van der Waals surface area contributed by atoms with Crippen molar-refractivity contribution in [1.29, 1.82) is 0 Å². The molecule has 1 aromatic heterocycles. The van der Waals surface area contributed by atoms with E-state index in [2.05, 4.69) is 10.3 Å². The van der Waals surface area contributed by atoms with Crippen LogP contribution >= 0.6 is 0 Å². The maximum atomic E-state index is 11.0. The first-order valence-corrected chi connectivity index (χ1v) is 7.24. The first-order chi connectivity index (χ1) is 10.0. The predicted molar refractivity (Wildman–Crippen MR) is 75.1 cm³/mol. The van der Waals surface area contributed by atoms with E-state index in [1.807, 2.05) is 0 Å². The van der Waals surface area contributed by atoms with E-state index < -0.39 is 10.7 Å². The van der Waals surface area contributed by atoms with E-state index in [0.717, 1.165) is 25.7 Å². The minimum Gasteiger partial charge on any atom is -0.362 e. The highest BCUT2D eigenvalue weighted by Crippen LogP contribution is 2.39. The zero-order valence-electron chi connectivity index (χ0n) is 12.3. The van der Waals surface area contributed by atoms with E-state index in [9.17, 15) is 10.1 Å². The van der Waals surface area contributed by atoms with Gasteiger partial charge in [-0.1, -0.05) is 0 Å². The summed E-state index contributed by atoms with van der Waals surface area (Å²) < 4.78 is 13.5. The Kier molecular flexibility index (Phi) is 3.58. The fraction of sp³-hybridized carbons (Fsp3) is 0.769. The molecule has 2 heterocycles. The van der Waals surface area contributed by atoms with E-state index >= 15 is 0 Å². The molecule has 3 rings (SSSR count). The monoisotopic (exact) mass is 296 g/mol. The van der Waals surface area contributed by atoms with Crippen LogP contribution in [0.4, 0.5) is 11.6 Å². The van der Waals surface area contributed by atoms with Gasteiger partial charge in [-0.15, -0.1) is 0 Å². The number of imidazole rings is 1. The van der Waals surface area contributed by atoms with Gasteiger partial charge in [0, 0.05) is 33.4 Å². The van der Waals surface area contributed by atoms with Gasteiger partial charge in [-0.05, 0) is 22.7 Å². The number of hydrogen-bond acceptors (Lipinski definition) is 6. The van der Waals surface area contributed by atoms with Gasteiger partial charge in [-0.25, -0.2) is 0 Å². The third kappa shape index (κ3) is 2.60. The van der Waals surface area contributed by atoms with Gasteiger partial charge < -0.3 is 24.9 Å². The van der Waals surface area contributed by atoms with Gasteiger partial charge in [-0.2, -0.15) is 0 Å². The molecule has 2 fully saturated rings. The fourth-order valence-electron chi connectivity index (χ4n) is 3.02. The van der Waals surface area contributed by atoms with Crippen molar-refractivity contribution in [2.24, 2.45) is 7.05 Å².